The number of aryl methyl sites for hydroxylation is 1. The molecule has 0 fully saturated rings. The number of carbonyl (C=O) groups is 1. The minimum Gasteiger partial charge on any atom is -0.325 e. The number of nitrogens with one attached hydrogen (secondary N) is 1. The van der Waals surface area contributed by atoms with Crippen molar-refractivity contribution >= 4 is 24.0 Å². The largest absolute Gasteiger partial charge is 0.325 e. The maximum absolute atomic E-state index is 11.7. The molecule has 96 valence electrons. The molecule has 1 aromatic rings. The van der Waals surface area contributed by atoms with E-state index in [9.17, 15) is 4.79 Å². The van der Waals surface area contributed by atoms with Crippen LogP contribution in [0.5, 0.6) is 0 Å². The Morgan fingerprint density at radius 2 is 1.94 bits per heavy atom. The minimum absolute atomic E-state index is 0. The first-order chi connectivity index (χ1) is 7.65. The molecular formula is C13H21ClN2O. The van der Waals surface area contributed by atoms with Gasteiger partial charge in [-0.05, 0) is 37.7 Å². The van der Waals surface area contributed by atoms with Gasteiger partial charge in [-0.1, -0.05) is 26.0 Å². The fourth-order valence-corrected chi connectivity index (χ4v) is 1.57. The summed E-state index contributed by atoms with van der Waals surface area (Å²) in [7, 11) is 0. The van der Waals surface area contributed by atoms with Crippen molar-refractivity contribution in [3.8, 4) is 0 Å². The van der Waals surface area contributed by atoms with Gasteiger partial charge in [0.2, 0.25) is 5.91 Å². The normalized spacial score (nSPS) is 9.88. The van der Waals surface area contributed by atoms with E-state index in [-0.39, 0.29) is 18.3 Å². The lowest BCUT2D eigenvalue weighted by molar-refractivity contribution is -0.117. The van der Waals surface area contributed by atoms with E-state index in [1.807, 2.05) is 31.2 Å². The summed E-state index contributed by atoms with van der Waals surface area (Å²) in [5.41, 5.74) is 2.03. The zero-order valence-electron chi connectivity index (χ0n) is 10.7. The molecule has 0 aliphatic rings. The third kappa shape index (κ3) is 5.71. The molecule has 0 saturated carbocycles. The molecule has 3 nitrogen and oxygen atoms in total. The average molecular weight is 257 g/mol. The Bertz CT molecular complexity index is 351. The summed E-state index contributed by atoms with van der Waals surface area (Å²) in [4.78, 5) is 13.8. The van der Waals surface area contributed by atoms with Crippen LogP contribution in [0, 0.1) is 6.92 Å². The SMILES string of the molecule is CCN(CC)CC(=O)Nc1cccc(C)c1.Cl. The van der Waals surface area contributed by atoms with Crippen LogP contribution < -0.4 is 5.32 Å². The summed E-state index contributed by atoms with van der Waals surface area (Å²) < 4.78 is 0. The molecule has 0 atom stereocenters. The molecule has 0 spiro atoms. The Morgan fingerprint density at radius 3 is 2.47 bits per heavy atom. The van der Waals surface area contributed by atoms with Gasteiger partial charge in [-0.2, -0.15) is 0 Å². The Morgan fingerprint density at radius 1 is 1.29 bits per heavy atom. The maximum Gasteiger partial charge on any atom is 0.238 e. The second-order valence-electron chi connectivity index (χ2n) is 3.88. The van der Waals surface area contributed by atoms with E-state index in [1.165, 1.54) is 0 Å². The van der Waals surface area contributed by atoms with Gasteiger partial charge in [0.05, 0.1) is 6.54 Å². The summed E-state index contributed by atoms with van der Waals surface area (Å²) in [6, 6.07) is 7.84. The second kappa shape index (κ2) is 8.09. The van der Waals surface area contributed by atoms with Gasteiger partial charge in [0.1, 0.15) is 0 Å². The van der Waals surface area contributed by atoms with Crippen molar-refractivity contribution in [3.63, 3.8) is 0 Å². The highest BCUT2D eigenvalue weighted by atomic mass is 35.5. The van der Waals surface area contributed by atoms with Crippen LogP contribution in [0.15, 0.2) is 24.3 Å². The number of anilines is 1. The van der Waals surface area contributed by atoms with Crippen LogP contribution in [-0.4, -0.2) is 30.4 Å². The Hall–Kier alpha value is -1.06. The van der Waals surface area contributed by atoms with Gasteiger partial charge in [0, 0.05) is 5.69 Å². The molecule has 0 aromatic heterocycles. The van der Waals surface area contributed by atoms with E-state index in [4.69, 9.17) is 0 Å². The maximum atomic E-state index is 11.7. The average Bonchev–Trinajstić information content (AvgIpc) is 2.26. The van der Waals surface area contributed by atoms with Crippen molar-refractivity contribution in [1.82, 2.24) is 4.90 Å². The lowest BCUT2D eigenvalue weighted by atomic mass is 10.2. The van der Waals surface area contributed by atoms with Crippen LogP contribution in [0.25, 0.3) is 0 Å². The monoisotopic (exact) mass is 256 g/mol. The molecule has 4 heteroatoms. The first-order valence-electron chi connectivity index (χ1n) is 5.74. The highest BCUT2D eigenvalue weighted by Crippen LogP contribution is 2.09. The quantitative estimate of drug-likeness (QED) is 0.879. The van der Waals surface area contributed by atoms with Crippen LogP contribution in [0.2, 0.25) is 0 Å². The summed E-state index contributed by atoms with van der Waals surface area (Å²) >= 11 is 0. The van der Waals surface area contributed by atoms with E-state index in [0.29, 0.717) is 6.54 Å². The number of carbonyl (C=O) groups excluding carboxylic acids is 1. The predicted octanol–water partition coefficient (Wildman–Crippen LogP) is 2.70. The van der Waals surface area contributed by atoms with Crippen molar-refractivity contribution in [2.24, 2.45) is 0 Å². The molecule has 0 aliphatic carbocycles. The Kier molecular flexibility index (Phi) is 7.59. The summed E-state index contributed by atoms with van der Waals surface area (Å²) in [5.74, 6) is 0.0503. The zero-order valence-corrected chi connectivity index (χ0v) is 11.5. The molecule has 0 saturated heterocycles. The van der Waals surface area contributed by atoms with Crippen molar-refractivity contribution in [2.75, 3.05) is 25.0 Å². The minimum atomic E-state index is 0. The van der Waals surface area contributed by atoms with Crippen LogP contribution in [0.1, 0.15) is 19.4 Å². The van der Waals surface area contributed by atoms with Gasteiger partial charge < -0.3 is 5.32 Å². The summed E-state index contributed by atoms with van der Waals surface area (Å²) in [5, 5.41) is 2.90. The molecule has 0 heterocycles. The van der Waals surface area contributed by atoms with E-state index in [2.05, 4.69) is 24.1 Å². The topological polar surface area (TPSA) is 32.3 Å². The van der Waals surface area contributed by atoms with Gasteiger partial charge in [-0.25, -0.2) is 0 Å². The summed E-state index contributed by atoms with van der Waals surface area (Å²) in [6.45, 7) is 8.39. The number of benzene rings is 1. The predicted molar refractivity (Wildman–Crippen MR) is 74.8 cm³/mol. The van der Waals surface area contributed by atoms with Crippen LogP contribution in [0.4, 0.5) is 5.69 Å². The molecule has 1 amide bonds. The zero-order chi connectivity index (χ0) is 12.0. The lowest BCUT2D eigenvalue weighted by Gasteiger charge is -2.17. The molecule has 1 N–H and O–H groups in total. The molecule has 0 aliphatic heterocycles. The summed E-state index contributed by atoms with van der Waals surface area (Å²) in [6.07, 6.45) is 0. The number of likely N-dealkylation sites (N-methyl/N-ethyl adjacent to an activating group) is 1. The smallest absolute Gasteiger partial charge is 0.238 e. The standard InChI is InChI=1S/C13H20N2O.ClH/c1-4-15(5-2)10-13(16)14-12-8-6-7-11(3)9-12;/h6-9H,4-5,10H2,1-3H3,(H,14,16);1H. The van der Waals surface area contributed by atoms with Crippen LogP contribution in [0.3, 0.4) is 0 Å². The fourth-order valence-electron chi connectivity index (χ4n) is 1.57. The molecular weight excluding hydrogens is 236 g/mol. The first kappa shape index (κ1) is 15.9. The highest BCUT2D eigenvalue weighted by molar-refractivity contribution is 5.92. The van der Waals surface area contributed by atoms with Gasteiger partial charge >= 0.3 is 0 Å². The van der Waals surface area contributed by atoms with Crippen LogP contribution in [-0.2, 0) is 4.79 Å². The van der Waals surface area contributed by atoms with Crippen molar-refractivity contribution in [3.05, 3.63) is 29.8 Å². The second-order valence-corrected chi connectivity index (χ2v) is 3.88. The lowest BCUT2D eigenvalue weighted by Crippen LogP contribution is -2.32. The third-order valence-electron chi connectivity index (χ3n) is 2.56. The highest BCUT2D eigenvalue weighted by Gasteiger charge is 2.06. The number of amides is 1. The van der Waals surface area contributed by atoms with E-state index < -0.39 is 0 Å². The molecule has 0 unspecified atom stereocenters. The van der Waals surface area contributed by atoms with Gasteiger partial charge in [-0.3, -0.25) is 9.69 Å². The van der Waals surface area contributed by atoms with Crippen molar-refractivity contribution in [2.45, 2.75) is 20.8 Å². The number of halogens is 1. The number of rotatable bonds is 5. The van der Waals surface area contributed by atoms with E-state index in [0.717, 1.165) is 24.3 Å². The molecule has 0 bridgehead atoms. The number of hydrogen-bond donors (Lipinski definition) is 1. The first-order valence-corrected chi connectivity index (χ1v) is 5.74. The van der Waals surface area contributed by atoms with Gasteiger partial charge in [0.15, 0.2) is 0 Å². The van der Waals surface area contributed by atoms with Crippen molar-refractivity contribution < 1.29 is 4.79 Å². The van der Waals surface area contributed by atoms with E-state index in [1.54, 1.807) is 0 Å². The molecule has 1 rings (SSSR count). The molecule has 1 aromatic carbocycles. The Balaban J connectivity index is 0.00000256. The van der Waals surface area contributed by atoms with Gasteiger partial charge in [0.25, 0.3) is 0 Å². The molecule has 17 heavy (non-hydrogen) atoms. The number of hydrogen-bond acceptors (Lipinski definition) is 2. The van der Waals surface area contributed by atoms with Crippen molar-refractivity contribution in [1.29, 1.82) is 0 Å². The van der Waals surface area contributed by atoms with E-state index >= 15 is 0 Å². The fraction of sp³-hybridized carbons (Fsp3) is 0.462. The third-order valence-corrected chi connectivity index (χ3v) is 2.56. The van der Waals surface area contributed by atoms with Gasteiger partial charge in [-0.15, -0.1) is 12.4 Å². The Labute approximate surface area is 110 Å². The van der Waals surface area contributed by atoms with Crippen LogP contribution >= 0.6 is 12.4 Å². The number of nitrogens with zero attached hydrogens (tertiary/aromatic N) is 1. The molecule has 0 radical (unpaired) electrons.